The first-order chi connectivity index (χ1) is 12.3. The Bertz CT molecular complexity index is 1010. The largest absolute Gasteiger partial charge is 0.507 e. The van der Waals surface area contributed by atoms with Crippen LogP contribution in [0.1, 0.15) is 0 Å². The van der Waals surface area contributed by atoms with Gasteiger partial charge < -0.3 is 25.0 Å². The number of hydrogen-bond donors (Lipinski definition) is 4. The Balaban J connectivity index is 1.86. The summed E-state index contributed by atoms with van der Waals surface area (Å²) in [6.07, 6.45) is 3.36. The lowest BCUT2D eigenvalue weighted by molar-refractivity contribution is 0.311. The van der Waals surface area contributed by atoms with Crippen LogP contribution in [0.3, 0.4) is 0 Å². The molecule has 1 aromatic carbocycles. The topological polar surface area (TPSA) is 107 Å². The number of benzene rings is 1. The van der Waals surface area contributed by atoms with Crippen molar-refractivity contribution in [1.29, 1.82) is 0 Å². The molecule has 0 unspecified atom stereocenters. The van der Waals surface area contributed by atoms with Crippen LogP contribution in [0.2, 0.25) is 0 Å². The number of phenols is 1. The molecule has 0 aliphatic heterocycles. The van der Waals surface area contributed by atoms with Gasteiger partial charge in [-0.05, 0) is 35.4 Å². The average Bonchev–Trinajstić information content (AvgIpc) is 3.31. The number of H-pyrrole nitrogens is 1. The van der Waals surface area contributed by atoms with E-state index in [2.05, 4.69) is 20.4 Å². The predicted octanol–water partition coefficient (Wildman–Crippen LogP) is 2.99. The SMILES string of the molecule is OCCNc1cc(-c2ccc(O)c(-c3ccno3)c2)c2cc[nH]c2n1. The Morgan fingerprint density at radius 1 is 1.12 bits per heavy atom. The van der Waals surface area contributed by atoms with Gasteiger partial charge >= 0.3 is 0 Å². The number of aromatic hydroxyl groups is 1. The second-order valence-corrected chi connectivity index (χ2v) is 5.55. The third-order valence-corrected chi connectivity index (χ3v) is 3.96. The summed E-state index contributed by atoms with van der Waals surface area (Å²) in [5, 5.41) is 26.9. The molecule has 4 rings (SSSR count). The van der Waals surface area contributed by atoms with Crippen LogP contribution in [0.15, 0.2) is 53.3 Å². The van der Waals surface area contributed by atoms with Gasteiger partial charge in [0.2, 0.25) is 0 Å². The fourth-order valence-electron chi connectivity index (χ4n) is 2.81. The van der Waals surface area contributed by atoms with Gasteiger partial charge in [-0.3, -0.25) is 0 Å². The van der Waals surface area contributed by atoms with Crippen LogP contribution in [-0.4, -0.2) is 38.5 Å². The van der Waals surface area contributed by atoms with Crippen LogP contribution in [0, 0.1) is 0 Å². The van der Waals surface area contributed by atoms with Crippen LogP contribution in [0.25, 0.3) is 33.5 Å². The zero-order chi connectivity index (χ0) is 17.2. The number of hydrogen-bond acceptors (Lipinski definition) is 6. The first-order valence-electron chi connectivity index (χ1n) is 7.83. The number of aliphatic hydroxyl groups excluding tert-OH is 1. The number of nitrogens with one attached hydrogen (secondary N) is 2. The van der Waals surface area contributed by atoms with Crippen molar-refractivity contribution in [3.05, 3.63) is 48.8 Å². The molecule has 0 aliphatic carbocycles. The van der Waals surface area contributed by atoms with E-state index in [0.717, 1.165) is 22.2 Å². The minimum absolute atomic E-state index is 0.0224. The number of pyridine rings is 1. The zero-order valence-corrected chi connectivity index (χ0v) is 13.2. The highest BCUT2D eigenvalue weighted by atomic mass is 16.5. The van der Waals surface area contributed by atoms with Crippen molar-refractivity contribution in [3.8, 4) is 28.2 Å². The van der Waals surface area contributed by atoms with Crippen molar-refractivity contribution < 1.29 is 14.7 Å². The molecule has 0 saturated carbocycles. The number of phenolic OH excluding ortho intramolecular Hbond substituents is 1. The molecule has 126 valence electrons. The Morgan fingerprint density at radius 3 is 2.84 bits per heavy atom. The maximum atomic E-state index is 10.2. The van der Waals surface area contributed by atoms with Gasteiger partial charge in [0.05, 0.1) is 18.4 Å². The minimum Gasteiger partial charge on any atom is -0.507 e. The quantitative estimate of drug-likeness (QED) is 0.446. The van der Waals surface area contributed by atoms with E-state index in [1.54, 1.807) is 12.1 Å². The van der Waals surface area contributed by atoms with Crippen molar-refractivity contribution in [2.24, 2.45) is 0 Å². The van der Waals surface area contributed by atoms with Gasteiger partial charge in [-0.25, -0.2) is 4.98 Å². The summed E-state index contributed by atoms with van der Waals surface area (Å²) < 4.78 is 5.17. The number of nitrogens with zero attached hydrogens (tertiary/aromatic N) is 2. The molecule has 7 nitrogen and oxygen atoms in total. The third kappa shape index (κ3) is 2.81. The summed E-state index contributed by atoms with van der Waals surface area (Å²) in [5.41, 5.74) is 3.17. The average molecular weight is 336 g/mol. The van der Waals surface area contributed by atoms with Gasteiger partial charge in [0.1, 0.15) is 17.2 Å². The van der Waals surface area contributed by atoms with Crippen LogP contribution >= 0.6 is 0 Å². The molecule has 0 spiro atoms. The molecule has 7 heteroatoms. The van der Waals surface area contributed by atoms with Gasteiger partial charge in [0.15, 0.2) is 5.76 Å². The van der Waals surface area contributed by atoms with E-state index in [1.165, 1.54) is 6.20 Å². The number of rotatable bonds is 5. The highest BCUT2D eigenvalue weighted by molar-refractivity contribution is 5.95. The highest BCUT2D eigenvalue weighted by Crippen LogP contribution is 2.36. The number of aromatic amines is 1. The molecule has 3 aromatic heterocycles. The fraction of sp³-hybridized carbons (Fsp3) is 0.111. The summed E-state index contributed by atoms with van der Waals surface area (Å²) in [4.78, 5) is 7.60. The second kappa shape index (κ2) is 6.29. The standard InChI is InChI=1S/C18H16N4O3/c23-8-7-19-17-10-13(12-3-5-20-18(12)22-17)11-1-2-15(24)14(9-11)16-4-6-21-25-16/h1-6,9-10,23-24H,7-8H2,(H2,19,20,22). The number of anilines is 1. The van der Waals surface area contributed by atoms with E-state index in [1.807, 2.05) is 30.5 Å². The molecular formula is C18H16N4O3. The van der Waals surface area contributed by atoms with Crippen LogP contribution in [0.4, 0.5) is 5.82 Å². The summed E-state index contributed by atoms with van der Waals surface area (Å²) >= 11 is 0. The molecule has 0 radical (unpaired) electrons. The maximum Gasteiger partial charge on any atom is 0.170 e. The van der Waals surface area contributed by atoms with Crippen molar-refractivity contribution in [3.63, 3.8) is 0 Å². The first kappa shape index (κ1) is 15.2. The summed E-state index contributed by atoms with van der Waals surface area (Å²) in [6, 6.07) is 10.9. The van der Waals surface area contributed by atoms with Gasteiger partial charge in [0.25, 0.3) is 0 Å². The van der Waals surface area contributed by atoms with E-state index < -0.39 is 0 Å². The van der Waals surface area contributed by atoms with Crippen LogP contribution < -0.4 is 5.32 Å². The Hall–Kier alpha value is -3.32. The summed E-state index contributed by atoms with van der Waals surface area (Å²) in [5.74, 6) is 1.28. The monoisotopic (exact) mass is 336 g/mol. The Kier molecular flexibility index (Phi) is 3.83. The lowest BCUT2D eigenvalue weighted by Gasteiger charge is -2.10. The minimum atomic E-state index is 0.0224. The van der Waals surface area contributed by atoms with E-state index in [4.69, 9.17) is 9.63 Å². The molecule has 0 aliphatic rings. The molecule has 25 heavy (non-hydrogen) atoms. The van der Waals surface area contributed by atoms with E-state index in [-0.39, 0.29) is 12.4 Å². The molecule has 4 N–H and O–H groups in total. The van der Waals surface area contributed by atoms with Crippen molar-refractivity contribution in [2.75, 3.05) is 18.5 Å². The normalized spacial score (nSPS) is 11.1. The third-order valence-electron chi connectivity index (χ3n) is 3.96. The van der Waals surface area contributed by atoms with Crippen molar-refractivity contribution >= 4 is 16.9 Å². The molecule has 3 heterocycles. The molecule has 0 saturated heterocycles. The Morgan fingerprint density at radius 2 is 2.04 bits per heavy atom. The molecule has 0 fully saturated rings. The molecule has 0 bridgehead atoms. The smallest absolute Gasteiger partial charge is 0.170 e. The Labute approximate surface area is 142 Å². The van der Waals surface area contributed by atoms with Gasteiger partial charge in [-0.15, -0.1) is 0 Å². The van der Waals surface area contributed by atoms with E-state index in [9.17, 15) is 5.11 Å². The molecular weight excluding hydrogens is 320 g/mol. The number of aliphatic hydroxyl groups is 1. The molecule has 0 atom stereocenters. The maximum absolute atomic E-state index is 10.2. The predicted molar refractivity (Wildman–Crippen MR) is 94.3 cm³/mol. The summed E-state index contributed by atoms with van der Waals surface area (Å²) in [7, 11) is 0. The van der Waals surface area contributed by atoms with Gasteiger partial charge in [0, 0.05) is 24.2 Å². The lowest BCUT2D eigenvalue weighted by Crippen LogP contribution is -2.07. The van der Waals surface area contributed by atoms with Gasteiger partial charge in [-0.1, -0.05) is 11.2 Å². The highest BCUT2D eigenvalue weighted by Gasteiger charge is 2.13. The van der Waals surface area contributed by atoms with Crippen molar-refractivity contribution in [2.45, 2.75) is 0 Å². The van der Waals surface area contributed by atoms with E-state index >= 15 is 0 Å². The van der Waals surface area contributed by atoms with Crippen LogP contribution in [0.5, 0.6) is 5.75 Å². The molecule has 0 amide bonds. The van der Waals surface area contributed by atoms with Gasteiger partial charge in [-0.2, -0.15) is 0 Å². The summed E-state index contributed by atoms with van der Waals surface area (Å²) in [6.45, 7) is 0.437. The lowest BCUT2D eigenvalue weighted by atomic mass is 9.99. The zero-order valence-electron chi connectivity index (χ0n) is 13.2. The second-order valence-electron chi connectivity index (χ2n) is 5.55. The number of fused-ring (bicyclic) bond motifs is 1. The van der Waals surface area contributed by atoms with Crippen LogP contribution in [-0.2, 0) is 0 Å². The first-order valence-corrected chi connectivity index (χ1v) is 7.83. The fourth-order valence-corrected chi connectivity index (χ4v) is 2.81. The van der Waals surface area contributed by atoms with E-state index in [0.29, 0.717) is 23.7 Å². The number of aromatic nitrogens is 3. The molecule has 4 aromatic rings. The van der Waals surface area contributed by atoms with Crippen molar-refractivity contribution in [1.82, 2.24) is 15.1 Å².